The van der Waals surface area contributed by atoms with Gasteiger partial charge >= 0.3 is 5.97 Å². The molecule has 1 fully saturated rings. The fourth-order valence-corrected chi connectivity index (χ4v) is 2.76. The molecule has 0 N–H and O–H groups in total. The van der Waals surface area contributed by atoms with Crippen LogP contribution in [0.15, 0.2) is 23.8 Å². The van der Waals surface area contributed by atoms with Gasteiger partial charge in [-0.15, -0.1) is 0 Å². The average Bonchev–Trinajstić information content (AvgIpc) is 2.41. The summed E-state index contributed by atoms with van der Waals surface area (Å²) in [6, 6.07) is 0. The molecule has 0 saturated heterocycles. The number of carbonyl (C=O) groups excluding carboxylic acids is 1. The van der Waals surface area contributed by atoms with E-state index in [1.165, 1.54) is 12.0 Å². The normalized spacial score (nSPS) is 33.5. The number of hydrogen-bond acceptors (Lipinski definition) is 2. The van der Waals surface area contributed by atoms with E-state index in [1.807, 2.05) is 0 Å². The topological polar surface area (TPSA) is 26.3 Å². The van der Waals surface area contributed by atoms with Gasteiger partial charge in [0.15, 0.2) is 0 Å². The fourth-order valence-electron chi connectivity index (χ4n) is 2.76. The lowest BCUT2D eigenvalue weighted by molar-refractivity contribution is -0.156. The highest BCUT2D eigenvalue weighted by Crippen LogP contribution is 2.46. The minimum absolute atomic E-state index is 0.233. The minimum Gasteiger partial charge on any atom is -0.455 e. The molecule has 1 saturated carbocycles. The van der Waals surface area contributed by atoms with Crippen LogP contribution in [-0.2, 0) is 9.53 Å². The summed E-state index contributed by atoms with van der Waals surface area (Å²) in [6.45, 7) is 7.55. The number of carbonyl (C=O) groups is 1. The van der Waals surface area contributed by atoms with E-state index in [1.54, 1.807) is 6.92 Å². The zero-order valence-corrected chi connectivity index (χ0v) is 9.51. The van der Waals surface area contributed by atoms with Gasteiger partial charge in [0.25, 0.3) is 0 Å². The molecule has 2 nitrogen and oxygen atoms in total. The molecule has 0 aromatic carbocycles. The van der Waals surface area contributed by atoms with Crippen molar-refractivity contribution in [2.24, 2.45) is 5.92 Å². The quantitative estimate of drug-likeness (QED) is 0.394. The highest BCUT2D eigenvalue weighted by Gasteiger charge is 2.43. The zero-order chi connectivity index (χ0) is 11.1. The smallest absolute Gasteiger partial charge is 0.333 e. The molecule has 0 radical (unpaired) electrons. The Hall–Kier alpha value is -1.05. The number of ether oxygens (including phenoxy) is 1. The molecule has 2 rings (SSSR count). The summed E-state index contributed by atoms with van der Waals surface area (Å²) in [5.41, 5.74) is 1.72. The predicted molar refractivity (Wildman–Crippen MR) is 59.4 cm³/mol. The molecule has 0 amide bonds. The Morgan fingerprint density at radius 1 is 1.67 bits per heavy atom. The first-order valence-corrected chi connectivity index (χ1v) is 5.57. The minimum atomic E-state index is -0.237. The summed E-state index contributed by atoms with van der Waals surface area (Å²) in [7, 11) is 0. The molecule has 0 aliphatic heterocycles. The molecule has 2 heteroatoms. The third kappa shape index (κ3) is 1.99. The van der Waals surface area contributed by atoms with E-state index in [4.69, 9.17) is 4.74 Å². The standard InChI is InChI=1S/C13H18O2/c1-9(2)12(14)15-13-5-4-11(8-13)6-10(3)7-13/h4,10H,1,5-8H2,2-3H3. The van der Waals surface area contributed by atoms with Gasteiger partial charge in [-0.2, -0.15) is 0 Å². The number of esters is 1. The van der Waals surface area contributed by atoms with Crippen LogP contribution < -0.4 is 0 Å². The van der Waals surface area contributed by atoms with Gasteiger partial charge < -0.3 is 4.74 Å². The van der Waals surface area contributed by atoms with Gasteiger partial charge in [0.1, 0.15) is 5.60 Å². The number of fused-ring (bicyclic) bond motifs is 2. The van der Waals surface area contributed by atoms with Crippen LogP contribution in [0, 0.1) is 5.92 Å². The van der Waals surface area contributed by atoms with Gasteiger partial charge in [-0.3, -0.25) is 0 Å². The van der Waals surface area contributed by atoms with Crippen LogP contribution in [0.3, 0.4) is 0 Å². The van der Waals surface area contributed by atoms with E-state index < -0.39 is 0 Å². The first kappa shape index (κ1) is 10.5. The van der Waals surface area contributed by atoms with Gasteiger partial charge in [-0.1, -0.05) is 25.2 Å². The first-order chi connectivity index (χ1) is 7.01. The first-order valence-electron chi connectivity index (χ1n) is 5.57. The van der Waals surface area contributed by atoms with Crippen molar-refractivity contribution in [3.8, 4) is 0 Å². The van der Waals surface area contributed by atoms with Crippen molar-refractivity contribution in [3.63, 3.8) is 0 Å². The van der Waals surface area contributed by atoms with Crippen molar-refractivity contribution in [1.29, 1.82) is 0 Å². The monoisotopic (exact) mass is 206 g/mol. The lowest BCUT2D eigenvalue weighted by atomic mass is 9.80. The second-order valence-electron chi connectivity index (χ2n) is 5.11. The largest absolute Gasteiger partial charge is 0.455 e. The maximum Gasteiger partial charge on any atom is 0.333 e. The Balaban J connectivity index is 2.09. The average molecular weight is 206 g/mol. The summed E-state index contributed by atoms with van der Waals surface area (Å²) in [6.07, 6.45) is 6.25. The molecular formula is C13H18O2. The fraction of sp³-hybridized carbons (Fsp3) is 0.615. The van der Waals surface area contributed by atoms with Crippen LogP contribution in [0.5, 0.6) is 0 Å². The van der Waals surface area contributed by atoms with E-state index in [2.05, 4.69) is 19.6 Å². The third-order valence-corrected chi connectivity index (χ3v) is 3.30. The van der Waals surface area contributed by atoms with E-state index in [0.29, 0.717) is 11.5 Å². The van der Waals surface area contributed by atoms with Crippen molar-refractivity contribution in [3.05, 3.63) is 23.8 Å². The van der Waals surface area contributed by atoms with Crippen LogP contribution >= 0.6 is 0 Å². The predicted octanol–water partition coefficient (Wildman–Crippen LogP) is 2.99. The van der Waals surface area contributed by atoms with Gasteiger partial charge in [0.05, 0.1) is 0 Å². The Morgan fingerprint density at radius 2 is 2.40 bits per heavy atom. The highest BCUT2D eigenvalue weighted by molar-refractivity contribution is 5.87. The second kappa shape index (κ2) is 3.51. The van der Waals surface area contributed by atoms with Gasteiger partial charge in [0, 0.05) is 18.4 Å². The lowest BCUT2D eigenvalue weighted by Crippen LogP contribution is -2.37. The Morgan fingerprint density at radius 3 is 3.07 bits per heavy atom. The number of rotatable bonds is 2. The summed E-state index contributed by atoms with van der Waals surface area (Å²) in [5.74, 6) is 0.393. The zero-order valence-electron chi connectivity index (χ0n) is 9.51. The van der Waals surface area contributed by atoms with Gasteiger partial charge in [0.2, 0.25) is 0 Å². The van der Waals surface area contributed by atoms with Crippen LogP contribution in [0.4, 0.5) is 0 Å². The summed E-state index contributed by atoms with van der Waals surface area (Å²) in [5, 5.41) is 0. The van der Waals surface area contributed by atoms with E-state index >= 15 is 0 Å². The second-order valence-corrected chi connectivity index (χ2v) is 5.11. The molecular weight excluding hydrogens is 188 g/mol. The summed E-state index contributed by atoms with van der Waals surface area (Å²) >= 11 is 0. The van der Waals surface area contributed by atoms with Crippen molar-refractivity contribution in [2.45, 2.75) is 45.1 Å². The molecule has 2 bridgehead atoms. The molecule has 15 heavy (non-hydrogen) atoms. The lowest BCUT2D eigenvalue weighted by Gasteiger charge is -2.35. The Kier molecular flexibility index (Phi) is 2.45. The Bertz CT molecular complexity index is 340. The summed E-state index contributed by atoms with van der Waals surface area (Å²) in [4.78, 5) is 11.6. The molecule has 0 aromatic rings. The molecule has 82 valence electrons. The van der Waals surface area contributed by atoms with Crippen LogP contribution in [0.2, 0.25) is 0 Å². The molecule has 0 spiro atoms. The highest BCUT2D eigenvalue weighted by atomic mass is 16.6. The van der Waals surface area contributed by atoms with Crippen molar-refractivity contribution in [2.75, 3.05) is 0 Å². The molecule has 0 heterocycles. The van der Waals surface area contributed by atoms with E-state index in [9.17, 15) is 4.79 Å². The van der Waals surface area contributed by atoms with Crippen molar-refractivity contribution < 1.29 is 9.53 Å². The molecule has 2 atom stereocenters. The third-order valence-electron chi connectivity index (χ3n) is 3.30. The molecule has 2 unspecified atom stereocenters. The van der Waals surface area contributed by atoms with Crippen LogP contribution in [0.25, 0.3) is 0 Å². The van der Waals surface area contributed by atoms with Gasteiger partial charge in [-0.25, -0.2) is 4.79 Å². The molecule has 0 aromatic heterocycles. The Labute approximate surface area is 91.0 Å². The van der Waals surface area contributed by atoms with Crippen LogP contribution in [-0.4, -0.2) is 11.6 Å². The molecule has 2 aliphatic carbocycles. The molecule has 2 aliphatic rings. The van der Waals surface area contributed by atoms with Gasteiger partial charge in [-0.05, 0) is 25.7 Å². The number of hydrogen-bond donors (Lipinski definition) is 0. The summed E-state index contributed by atoms with van der Waals surface area (Å²) < 4.78 is 5.61. The van der Waals surface area contributed by atoms with Crippen molar-refractivity contribution >= 4 is 5.97 Å². The van der Waals surface area contributed by atoms with Crippen LogP contribution in [0.1, 0.15) is 39.5 Å². The maximum absolute atomic E-state index is 11.6. The van der Waals surface area contributed by atoms with Crippen molar-refractivity contribution in [1.82, 2.24) is 0 Å². The van der Waals surface area contributed by atoms with E-state index in [-0.39, 0.29) is 11.6 Å². The maximum atomic E-state index is 11.6. The SMILES string of the molecule is C=C(C)C(=O)OC12CC=C(CC(C)C1)C2. The van der Waals surface area contributed by atoms with E-state index in [0.717, 1.165) is 19.3 Å².